The molecule has 1 radical (unpaired) electrons. The van der Waals surface area contributed by atoms with Crippen LogP contribution in [0.2, 0.25) is 0 Å². The summed E-state index contributed by atoms with van der Waals surface area (Å²) in [6, 6.07) is 0. The van der Waals surface area contributed by atoms with E-state index in [1.165, 1.54) is 0 Å². The predicted octanol–water partition coefficient (Wildman–Crippen LogP) is 1.62. The van der Waals surface area contributed by atoms with E-state index in [-0.39, 0.29) is 32.7 Å². The second-order valence-electron chi connectivity index (χ2n) is 1.08. The van der Waals surface area contributed by atoms with Crippen molar-refractivity contribution in [3.8, 4) is 0 Å². The number of hydrogen-bond donors (Lipinski definition) is 1. The average molecular weight is 200 g/mol. The van der Waals surface area contributed by atoms with Crippen LogP contribution >= 0.6 is 0 Å². The van der Waals surface area contributed by atoms with Gasteiger partial charge in [-0.05, 0) is 0 Å². The van der Waals surface area contributed by atoms with E-state index in [1.807, 2.05) is 13.8 Å². The molecule has 2 nitrogen and oxygen atoms in total. The number of imidazole rings is 1. The van der Waals surface area contributed by atoms with Crippen molar-refractivity contribution in [1.82, 2.24) is 9.97 Å². The molecule has 0 aliphatic rings. The summed E-state index contributed by atoms with van der Waals surface area (Å²) in [6.45, 7) is 7.56. The third-order valence-corrected chi connectivity index (χ3v) is 0.555. The number of aromatic amines is 1. The van der Waals surface area contributed by atoms with Gasteiger partial charge in [-0.1, -0.05) is 20.0 Å². The maximum atomic E-state index is 3.70. The van der Waals surface area contributed by atoms with Crippen molar-refractivity contribution in [1.29, 1.82) is 0 Å². The normalized spacial score (nSPS) is 6.44. The van der Waals surface area contributed by atoms with Gasteiger partial charge in [0.2, 0.25) is 0 Å². The second kappa shape index (κ2) is 8.18. The molecule has 0 amide bonds. The molecule has 1 aromatic heterocycles. The molecule has 1 heterocycles. The van der Waals surface area contributed by atoms with E-state index in [2.05, 4.69) is 16.9 Å². The molecule has 0 saturated carbocycles. The van der Waals surface area contributed by atoms with E-state index in [9.17, 15) is 0 Å². The minimum Gasteiger partial charge on any atom is -0.381 e. The molecule has 3 heteroatoms. The fraction of sp³-hybridized carbons (Fsp3) is 0.333. The molecule has 1 N–H and O–H groups in total. The van der Waals surface area contributed by atoms with Crippen LogP contribution in [0.3, 0.4) is 0 Å². The summed E-state index contributed by atoms with van der Waals surface area (Å²) in [5.41, 5.74) is 0.856. The van der Waals surface area contributed by atoms with Crippen LogP contribution in [0.1, 0.15) is 19.5 Å². The van der Waals surface area contributed by atoms with Crippen molar-refractivity contribution in [2.45, 2.75) is 13.8 Å². The van der Waals surface area contributed by atoms with Crippen LogP contribution in [0.15, 0.2) is 12.5 Å². The van der Waals surface area contributed by atoms with Crippen molar-refractivity contribution < 1.29 is 32.7 Å². The van der Waals surface area contributed by atoms with Crippen molar-refractivity contribution in [3.63, 3.8) is 0 Å². The molecule has 1 rings (SSSR count). The zero-order valence-corrected chi connectivity index (χ0v) is 8.72. The molecule has 0 aliphatic carbocycles. The van der Waals surface area contributed by atoms with Crippen molar-refractivity contribution in [2.24, 2.45) is 0 Å². The molecule has 0 spiro atoms. The van der Waals surface area contributed by atoms with Crippen LogP contribution < -0.4 is 0 Å². The fourth-order valence-corrected chi connectivity index (χ4v) is 0.285. The van der Waals surface area contributed by atoms with E-state index in [0.717, 1.165) is 5.69 Å². The SMILES string of the molecule is CC.[CH2-]c1cnc[nH]1.[Y]. The molecule has 0 bridgehead atoms. The first kappa shape index (κ1) is 11.9. The smallest absolute Gasteiger partial charge is 0.0699 e. The van der Waals surface area contributed by atoms with Crippen LogP contribution in [0.4, 0.5) is 0 Å². The molecule has 0 saturated heterocycles. The van der Waals surface area contributed by atoms with E-state index >= 15 is 0 Å². The Morgan fingerprint density at radius 3 is 2.22 bits per heavy atom. The van der Waals surface area contributed by atoms with Crippen molar-refractivity contribution >= 4 is 0 Å². The Balaban J connectivity index is 0. The summed E-state index contributed by atoms with van der Waals surface area (Å²) in [6.07, 6.45) is 3.27. The van der Waals surface area contributed by atoms with Gasteiger partial charge in [-0.2, -0.15) is 0 Å². The molecule has 9 heavy (non-hydrogen) atoms. The van der Waals surface area contributed by atoms with Gasteiger partial charge in [0, 0.05) is 32.7 Å². The minimum atomic E-state index is 0. The van der Waals surface area contributed by atoms with E-state index in [4.69, 9.17) is 0 Å². The number of nitrogens with one attached hydrogen (secondary N) is 1. The van der Waals surface area contributed by atoms with Crippen LogP contribution in [0.25, 0.3) is 0 Å². The van der Waals surface area contributed by atoms with E-state index in [1.54, 1.807) is 12.5 Å². The Hall–Kier alpha value is 0.184. The number of nitrogens with zero attached hydrogens (tertiary/aromatic N) is 1. The topological polar surface area (TPSA) is 28.7 Å². The van der Waals surface area contributed by atoms with Crippen LogP contribution in [-0.4, -0.2) is 9.97 Å². The summed E-state index contributed by atoms with van der Waals surface area (Å²) in [5.74, 6) is 0. The molecule has 0 unspecified atom stereocenters. The van der Waals surface area contributed by atoms with Gasteiger partial charge in [0.15, 0.2) is 0 Å². The van der Waals surface area contributed by atoms with Crippen LogP contribution in [0, 0.1) is 6.92 Å². The first-order valence-electron chi connectivity index (χ1n) is 2.70. The number of hydrogen-bond acceptors (Lipinski definition) is 1. The van der Waals surface area contributed by atoms with Crippen LogP contribution in [0.5, 0.6) is 0 Å². The monoisotopic (exact) mass is 200 g/mol. The second-order valence-corrected chi connectivity index (χ2v) is 1.08. The molecular weight excluding hydrogens is 189 g/mol. The largest absolute Gasteiger partial charge is 0.381 e. The molecular formula is C6H11N2Y-. The van der Waals surface area contributed by atoms with E-state index in [0.29, 0.717) is 0 Å². The summed E-state index contributed by atoms with van der Waals surface area (Å²) < 4.78 is 0. The number of aromatic nitrogens is 2. The van der Waals surface area contributed by atoms with Crippen molar-refractivity contribution in [3.05, 3.63) is 25.1 Å². The van der Waals surface area contributed by atoms with Gasteiger partial charge in [0.25, 0.3) is 0 Å². The predicted molar refractivity (Wildman–Crippen MR) is 34.4 cm³/mol. The number of rotatable bonds is 0. The third-order valence-electron chi connectivity index (χ3n) is 0.555. The summed E-state index contributed by atoms with van der Waals surface area (Å²) >= 11 is 0. The molecule has 0 fully saturated rings. The Morgan fingerprint density at radius 2 is 2.11 bits per heavy atom. The van der Waals surface area contributed by atoms with Gasteiger partial charge in [-0.25, -0.2) is 6.92 Å². The Labute approximate surface area is 81.3 Å². The molecule has 49 valence electrons. The Kier molecular flexibility index (Phi) is 10.8. The zero-order valence-electron chi connectivity index (χ0n) is 5.89. The van der Waals surface area contributed by atoms with Crippen LogP contribution in [-0.2, 0) is 32.7 Å². The summed E-state index contributed by atoms with van der Waals surface area (Å²) in [4.78, 5) is 6.48. The molecule has 0 aliphatic heterocycles. The first-order valence-corrected chi connectivity index (χ1v) is 2.70. The fourth-order valence-electron chi connectivity index (χ4n) is 0.285. The summed E-state index contributed by atoms with van der Waals surface area (Å²) in [5, 5.41) is 0. The van der Waals surface area contributed by atoms with Gasteiger partial charge < -0.3 is 9.97 Å². The van der Waals surface area contributed by atoms with Gasteiger partial charge >= 0.3 is 0 Å². The van der Waals surface area contributed by atoms with Gasteiger partial charge in [-0.3, -0.25) is 0 Å². The molecule has 0 atom stereocenters. The van der Waals surface area contributed by atoms with Gasteiger partial charge in [0.05, 0.1) is 6.33 Å². The zero-order chi connectivity index (χ0) is 6.41. The van der Waals surface area contributed by atoms with Gasteiger partial charge in [-0.15, -0.1) is 5.69 Å². The Bertz CT molecular complexity index is 115. The van der Waals surface area contributed by atoms with Gasteiger partial charge in [0.1, 0.15) is 0 Å². The maximum absolute atomic E-state index is 3.70. The maximum Gasteiger partial charge on any atom is 0.0699 e. The van der Waals surface area contributed by atoms with Crippen molar-refractivity contribution in [2.75, 3.05) is 0 Å². The standard InChI is InChI=1S/C4H5N2.C2H6.Y/c1-4-2-5-3-6-4;1-2;/h2-3H,1H2,(H,5,6);1-2H3;/q-1;;. The average Bonchev–Trinajstić information content (AvgIpc) is 2.24. The summed E-state index contributed by atoms with van der Waals surface area (Å²) in [7, 11) is 0. The minimum absolute atomic E-state index is 0. The quantitative estimate of drug-likeness (QED) is 0.633. The molecule has 1 aromatic rings. The number of H-pyrrole nitrogens is 1. The Morgan fingerprint density at radius 1 is 1.56 bits per heavy atom. The van der Waals surface area contributed by atoms with E-state index < -0.39 is 0 Å². The molecule has 0 aromatic carbocycles. The third kappa shape index (κ3) is 6.06. The first-order chi connectivity index (χ1) is 3.89.